The third kappa shape index (κ3) is 1.41. The Morgan fingerprint density at radius 1 is 1.57 bits per heavy atom. The van der Waals surface area contributed by atoms with Gasteiger partial charge in [0.2, 0.25) is 5.91 Å². The highest BCUT2D eigenvalue weighted by atomic mass is 16.2. The van der Waals surface area contributed by atoms with Crippen LogP contribution in [0, 0.1) is 0 Å². The second-order valence-electron chi connectivity index (χ2n) is 3.30. The van der Waals surface area contributed by atoms with Gasteiger partial charge < -0.3 is 5.32 Å². The highest BCUT2D eigenvalue weighted by Crippen LogP contribution is 2.16. The molecule has 0 unspecified atom stereocenters. The van der Waals surface area contributed by atoms with Crippen LogP contribution in [0.15, 0.2) is 6.07 Å². The molecule has 0 fully saturated rings. The zero-order valence-corrected chi connectivity index (χ0v) is 7.91. The number of aromatic nitrogens is 2. The lowest BCUT2D eigenvalue weighted by Gasteiger charge is -2.11. The number of fused-ring (bicyclic) bond motifs is 1. The van der Waals surface area contributed by atoms with Crippen molar-refractivity contribution in [3.8, 4) is 0 Å². The van der Waals surface area contributed by atoms with E-state index in [0.717, 1.165) is 18.5 Å². The molecule has 1 aromatic heterocycles. The summed E-state index contributed by atoms with van der Waals surface area (Å²) >= 11 is 0. The van der Waals surface area contributed by atoms with Crippen LogP contribution in [0.4, 0.5) is 5.82 Å². The molecule has 14 heavy (non-hydrogen) atoms. The van der Waals surface area contributed by atoms with Crippen molar-refractivity contribution in [2.24, 2.45) is 0 Å². The molecule has 1 aromatic rings. The second kappa shape index (κ2) is 3.25. The van der Waals surface area contributed by atoms with Crippen LogP contribution in [0.2, 0.25) is 0 Å². The predicted molar refractivity (Wildman–Crippen MR) is 50.1 cm³/mol. The maximum absolute atomic E-state index is 11.4. The summed E-state index contributed by atoms with van der Waals surface area (Å²) < 4.78 is 1.27. The number of hydrogen-bond acceptors (Lipinski definition) is 3. The summed E-state index contributed by atoms with van der Waals surface area (Å²) in [6, 6.07) is 1.75. The lowest BCUT2D eigenvalue weighted by atomic mass is 10.2. The van der Waals surface area contributed by atoms with Crippen molar-refractivity contribution >= 4 is 17.6 Å². The van der Waals surface area contributed by atoms with Crippen LogP contribution in [0.1, 0.15) is 30.3 Å². The Morgan fingerprint density at radius 2 is 2.36 bits per heavy atom. The Hall–Kier alpha value is -1.65. The monoisotopic (exact) mass is 193 g/mol. The molecule has 5 nitrogen and oxygen atoms in total. The fraction of sp³-hybridized carbons (Fsp3) is 0.444. The highest BCUT2D eigenvalue weighted by molar-refractivity contribution is 6.08. The van der Waals surface area contributed by atoms with Gasteiger partial charge in [0.15, 0.2) is 0 Å². The van der Waals surface area contributed by atoms with Gasteiger partial charge in [-0.3, -0.25) is 9.59 Å². The zero-order chi connectivity index (χ0) is 10.1. The van der Waals surface area contributed by atoms with E-state index < -0.39 is 0 Å². The van der Waals surface area contributed by atoms with Gasteiger partial charge in [-0.15, -0.1) is 0 Å². The molecule has 0 saturated carbocycles. The van der Waals surface area contributed by atoms with E-state index >= 15 is 0 Å². The minimum absolute atomic E-state index is 0.111. The number of carbonyl (C=O) groups excluding carboxylic acids is 2. The summed E-state index contributed by atoms with van der Waals surface area (Å²) in [5.74, 6) is -0.0220. The van der Waals surface area contributed by atoms with E-state index in [-0.39, 0.29) is 18.2 Å². The van der Waals surface area contributed by atoms with Gasteiger partial charge in [0.05, 0.1) is 5.69 Å². The Morgan fingerprint density at radius 3 is 3.07 bits per heavy atom. The quantitative estimate of drug-likeness (QED) is 0.707. The van der Waals surface area contributed by atoms with Crippen molar-refractivity contribution in [3.05, 3.63) is 11.8 Å². The summed E-state index contributed by atoms with van der Waals surface area (Å²) in [6.07, 6.45) is 1.68. The second-order valence-corrected chi connectivity index (χ2v) is 3.30. The lowest BCUT2D eigenvalue weighted by Crippen LogP contribution is -2.29. The van der Waals surface area contributed by atoms with Crippen molar-refractivity contribution in [1.82, 2.24) is 9.78 Å². The van der Waals surface area contributed by atoms with E-state index in [4.69, 9.17) is 0 Å². The van der Waals surface area contributed by atoms with Crippen LogP contribution in [0.3, 0.4) is 0 Å². The third-order valence-electron chi connectivity index (χ3n) is 2.08. The highest BCUT2D eigenvalue weighted by Gasteiger charge is 2.23. The van der Waals surface area contributed by atoms with Crippen LogP contribution < -0.4 is 5.32 Å². The zero-order valence-electron chi connectivity index (χ0n) is 7.91. The van der Waals surface area contributed by atoms with Crippen LogP contribution in [-0.4, -0.2) is 21.6 Å². The molecule has 1 N–H and O–H groups in total. The molecular formula is C9H11N3O2. The van der Waals surface area contributed by atoms with Gasteiger partial charge in [0.25, 0.3) is 5.91 Å². The lowest BCUT2D eigenvalue weighted by molar-refractivity contribution is -0.115. The summed E-state index contributed by atoms with van der Waals surface area (Å²) in [4.78, 5) is 22.4. The van der Waals surface area contributed by atoms with E-state index in [1.807, 2.05) is 6.92 Å². The van der Waals surface area contributed by atoms with Gasteiger partial charge in [0.1, 0.15) is 12.2 Å². The molecule has 0 saturated heterocycles. The number of nitrogens with zero attached hydrogens (tertiary/aromatic N) is 2. The van der Waals surface area contributed by atoms with Gasteiger partial charge in [-0.1, -0.05) is 13.3 Å². The summed E-state index contributed by atoms with van der Waals surface area (Å²) in [5, 5.41) is 6.72. The number of nitrogens with one attached hydrogen (secondary N) is 1. The average Bonchev–Trinajstić information content (AvgIpc) is 2.48. The molecule has 1 aliphatic rings. The van der Waals surface area contributed by atoms with Crippen LogP contribution in [0.5, 0.6) is 0 Å². The van der Waals surface area contributed by atoms with Gasteiger partial charge in [-0.2, -0.15) is 9.78 Å². The number of aryl methyl sites for hydroxylation is 1. The minimum Gasteiger partial charge on any atom is -0.310 e. The van der Waals surface area contributed by atoms with E-state index in [0.29, 0.717) is 5.82 Å². The standard InChI is InChI=1S/C9H11N3O2/c1-2-3-6-4-7-10-8(13)5-9(14)12(7)11-6/h4H,2-3,5H2,1H3,(H,10,13). The summed E-state index contributed by atoms with van der Waals surface area (Å²) in [6.45, 7) is 2.04. The molecule has 2 heterocycles. The maximum Gasteiger partial charge on any atom is 0.258 e. The van der Waals surface area contributed by atoms with E-state index in [1.165, 1.54) is 4.68 Å². The Bertz CT molecular complexity index is 395. The molecule has 0 aliphatic carbocycles. The molecular weight excluding hydrogens is 182 g/mol. The SMILES string of the molecule is CCCc1cc2n(n1)C(=O)CC(=O)N2. The number of rotatable bonds is 2. The molecule has 1 aliphatic heterocycles. The van der Waals surface area contributed by atoms with Gasteiger partial charge in [-0.05, 0) is 6.42 Å². The Labute approximate surface area is 81.1 Å². The first-order valence-corrected chi connectivity index (χ1v) is 4.62. The topological polar surface area (TPSA) is 64.0 Å². The Kier molecular flexibility index (Phi) is 2.07. The van der Waals surface area contributed by atoms with Crippen LogP contribution >= 0.6 is 0 Å². The van der Waals surface area contributed by atoms with Crippen molar-refractivity contribution in [2.45, 2.75) is 26.2 Å². The van der Waals surface area contributed by atoms with Gasteiger partial charge in [-0.25, -0.2) is 0 Å². The van der Waals surface area contributed by atoms with Gasteiger partial charge in [0, 0.05) is 6.07 Å². The van der Waals surface area contributed by atoms with Crippen molar-refractivity contribution in [1.29, 1.82) is 0 Å². The molecule has 0 aromatic carbocycles. The fourth-order valence-electron chi connectivity index (χ4n) is 1.49. The number of anilines is 1. The molecule has 0 atom stereocenters. The molecule has 0 radical (unpaired) electrons. The van der Waals surface area contributed by atoms with E-state index in [1.54, 1.807) is 6.07 Å². The van der Waals surface area contributed by atoms with Gasteiger partial charge >= 0.3 is 0 Å². The molecule has 5 heteroatoms. The van der Waals surface area contributed by atoms with Crippen molar-refractivity contribution in [2.75, 3.05) is 5.32 Å². The third-order valence-corrected chi connectivity index (χ3v) is 2.08. The fourth-order valence-corrected chi connectivity index (χ4v) is 1.49. The van der Waals surface area contributed by atoms with Crippen LogP contribution in [-0.2, 0) is 11.2 Å². The first-order valence-electron chi connectivity index (χ1n) is 4.62. The molecule has 0 bridgehead atoms. The summed E-state index contributed by atoms with van der Waals surface area (Å²) in [7, 11) is 0. The Balaban J connectivity index is 2.35. The molecule has 2 rings (SSSR count). The van der Waals surface area contributed by atoms with E-state index in [2.05, 4.69) is 10.4 Å². The number of hydrogen-bond donors (Lipinski definition) is 1. The number of carbonyl (C=O) groups is 2. The first-order chi connectivity index (χ1) is 6.70. The minimum atomic E-state index is -0.259. The van der Waals surface area contributed by atoms with Crippen molar-refractivity contribution < 1.29 is 9.59 Å². The molecule has 0 spiro atoms. The van der Waals surface area contributed by atoms with Crippen molar-refractivity contribution in [3.63, 3.8) is 0 Å². The summed E-state index contributed by atoms with van der Waals surface area (Å²) in [5.41, 5.74) is 0.845. The maximum atomic E-state index is 11.4. The smallest absolute Gasteiger partial charge is 0.258 e. The molecule has 1 amide bonds. The van der Waals surface area contributed by atoms with E-state index in [9.17, 15) is 9.59 Å². The largest absolute Gasteiger partial charge is 0.310 e. The molecule has 74 valence electrons. The normalized spacial score (nSPS) is 15.2. The van der Waals surface area contributed by atoms with Crippen LogP contribution in [0.25, 0.3) is 0 Å². The number of amides is 1. The average molecular weight is 193 g/mol. The predicted octanol–water partition coefficient (Wildman–Crippen LogP) is 0.818. The first kappa shape index (κ1) is 8.93.